The van der Waals surface area contributed by atoms with Crippen LogP contribution < -0.4 is 5.32 Å². The number of benzene rings is 1. The first kappa shape index (κ1) is 13.6. The second kappa shape index (κ2) is 6.36. The fourth-order valence-corrected chi connectivity index (χ4v) is 3.30. The minimum Gasteiger partial charge on any atom is -0.380 e. The second-order valence-corrected chi connectivity index (χ2v) is 6.26. The van der Waals surface area contributed by atoms with E-state index in [1.165, 1.54) is 19.8 Å². The lowest BCUT2D eigenvalue weighted by atomic mass is 10.2. The molecule has 4 heteroatoms. The first-order chi connectivity index (χ1) is 8.70. The van der Waals surface area contributed by atoms with E-state index in [-0.39, 0.29) is 0 Å². The number of nitrogens with one attached hydrogen (secondary N) is 1. The van der Waals surface area contributed by atoms with Crippen LogP contribution in [0.3, 0.4) is 0 Å². The molecule has 2 aromatic rings. The van der Waals surface area contributed by atoms with E-state index in [1.54, 1.807) is 7.11 Å². The molecule has 0 unspecified atom stereocenters. The Morgan fingerprint density at radius 1 is 1.33 bits per heavy atom. The molecule has 0 aliphatic carbocycles. The molecule has 18 heavy (non-hydrogen) atoms. The quantitative estimate of drug-likeness (QED) is 0.868. The van der Waals surface area contributed by atoms with Gasteiger partial charge in [0.05, 0.1) is 6.61 Å². The molecule has 1 N–H and O–H groups in total. The van der Waals surface area contributed by atoms with Crippen molar-refractivity contribution in [1.29, 1.82) is 0 Å². The summed E-state index contributed by atoms with van der Waals surface area (Å²) in [6.45, 7) is 3.60. The molecule has 0 bridgehead atoms. The maximum Gasteiger partial charge on any atom is 0.0733 e. The summed E-state index contributed by atoms with van der Waals surface area (Å²) in [5.74, 6) is 0. The Bertz CT molecular complexity index is 505. The largest absolute Gasteiger partial charge is 0.380 e. The lowest BCUT2D eigenvalue weighted by molar-refractivity contribution is 0.185. The third-order valence-corrected chi connectivity index (χ3v) is 4.82. The fraction of sp³-hybridized carbons (Fsp3) is 0.286. The van der Waals surface area contributed by atoms with E-state index in [1.807, 2.05) is 23.5 Å². The molecule has 0 saturated carbocycles. The second-order valence-electron chi connectivity index (χ2n) is 4.06. The zero-order valence-electron chi connectivity index (χ0n) is 10.5. The van der Waals surface area contributed by atoms with Crippen LogP contribution in [0, 0.1) is 6.92 Å². The van der Waals surface area contributed by atoms with Crippen molar-refractivity contribution >= 4 is 33.0 Å². The highest BCUT2D eigenvalue weighted by Gasteiger charge is 2.04. The summed E-state index contributed by atoms with van der Waals surface area (Å²) >= 11 is 5.36. The first-order valence-electron chi connectivity index (χ1n) is 5.76. The topological polar surface area (TPSA) is 21.3 Å². The maximum atomic E-state index is 5.20. The molecule has 0 amide bonds. The van der Waals surface area contributed by atoms with Gasteiger partial charge in [-0.15, -0.1) is 11.3 Å². The zero-order valence-corrected chi connectivity index (χ0v) is 12.9. The van der Waals surface area contributed by atoms with Crippen molar-refractivity contribution in [3.8, 4) is 0 Å². The number of halogens is 1. The maximum absolute atomic E-state index is 5.20. The summed E-state index contributed by atoms with van der Waals surface area (Å²) in [6.07, 6.45) is 0. The van der Waals surface area contributed by atoms with Gasteiger partial charge in [-0.3, -0.25) is 0 Å². The summed E-state index contributed by atoms with van der Waals surface area (Å²) in [5.41, 5.74) is 2.33. The van der Waals surface area contributed by atoms with E-state index in [0.29, 0.717) is 6.61 Å². The number of para-hydroxylation sites is 1. The molecule has 2 rings (SSSR count). The number of thiophene rings is 1. The Hall–Kier alpha value is -0.840. The summed E-state index contributed by atoms with van der Waals surface area (Å²) in [4.78, 5) is 2.64. The van der Waals surface area contributed by atoms with Gasteiger partial charge < -0.3 is 10.1 Å². The molecule has 96 valence electrons. The van der Waals surface area contributed by atoms with Gasteiger partial charge in [0.2, 0.25) is 0 Å². The van der Waals surface area contributed by atoms with Gasteiger partial charge in [-0.25, -0.2) is 0 Å². The summed E-state index contributed by atoms with van der Waals surface area (Å²) in [6, 6.07) is 10.4. The van der Waals surface area contributed by atoms with Crippen molar-refractivity contribution in [1.82, 2.24) is 0 Å². The van der Waals surface area contributed by atoms with Crippen molar-refractivity contribution in [3.63, 3.8) is 0 Å². The van der Waals surface area contributed by atoms with Crippen LogP contribution in [0.4, 0.5) is 5.69 Å². The smallest absolute Gasteiger partial charge is 0.0733 e. The number of methoxy groups -OCH3 is 1. The van der Waals surface area contributed by atoms with Crippen LogP contribution in [0.5, 0.6) is 0 Å². The number of aryl methyl sites for hydroxylation is 1. The average molecular weight is 326 g/mol. The monoisotopic (exact) mass is 325 g/mol. The van der Waals surface area contributed by atoms with Crippen molar-refractivity contribution in [2.45, 2.75) is 20.1 Å². The van der Waals surface area contributed by atoms with Gasteiger partial charge in [0.1, 0.15) is 0 Å². The standard InChI is InChI=1S/C14H16BrNOS/c1-10-13(15)7-12(18-10)8-16-14-6-4-3-5-11(14)9-17-2/h3-7,16H,8-9H2,1-2H3. The Kier molecular flexibility index (Phi) is 4.80. The summed E-state index contributed by atoms with van der Waals surface area (Å²) < 4.78 is 6.39. The molecular weight excluding hydrogens is 310 g/mol. The summed E-state index contributed by atoms with van der Waals surface area (Å²) in [5, 5.41) is 3.46. The molecule has 0 saturated heterocycles. The number of hydrogen-bond donors (Lipinski definition) is 1. The average Bonchev–Trinajstić information content (AvgIpc) is 2.68. The van der Waals surface area contributed by atoms with Crippen LogP contribution in [0.15, 0.2) is 34.8 Å². The van der Waals surface area contributed by atoms with E-state index in [9.17, 15) is 0 Å². The van der Waals surface area contributed by atoms with Crippen molar-refractivity contribution in [2.24, 2.45) is 0 Å². The van der Waals surface area contributed by atoms with Gasteiger partial charge in [0.25, 0.3) is 0 Å². The minimum absolute atomic E-state index is 0.635. The van der Waals surface area contributed by atoms with Crippen LogP contribution in [0.2, 0.25) is 0 Å². The first-order valence-corrected chi connectivity index (χ1v) is 7.37. The Morgan fingerprint density at radius 3 is 2.78 bits per heavy atom. The third kappa shape index (κ3) is 3.34. The molecule has 0 fully saturated rings. The molecule has 0 aliphatic heterocycles. The van der Waals surface area contributed by atoms with Gasteiger partial charge in [-0.05, 0) is 35.0 Å². The van der Waals surface area contributed by atoms with Crippen LogP contribution in [-0.4, -0.2) is 7.11 Å². The van der Waals surface area contributed by atoms with Gasteiger partial charge in [0, 0.05) is 39.1 Å². The van der Waals surface area contributed by atoms with E-state index >= 15 is 0 Å². The molecule has 0 spiro atoms. The highest BCUT2D eigenvalue weighted by atomic mass is 79.9. The third-order valence-electron chi connectivity index (χ3n) is 2.68. The Morgan fingerprint density at radius 2 is 2.11 bits per heavy atom. The predicted octanol–water partition coefficient (Wildman–Crippen LogP) is 4.58. The number of hydrogen-bond acceptors (Lipinski definition) is 3. The normalized spacial score (nSPS) is 10.6. The summed E-state index contributed by atoms with van der Waals surface area (Å²) in [7, 11) is 1.72. The van der Waals surface area contributed by atoms with Crippen LogP contribution in [0.1, 0.15) is 15.3 Å². The highest BCUT2D eigenvalue weighted by molar-refractivity contribution is 9.10. The molecular formula is C14H16BrNOS. The molecule has 1 heterocycles. The molecule has 0 atom stereocenters. The number of rotatable bonds is 5. The molecule has 2 nitrogen and oxygen atoms in total. The van der Waals surface area contributed by atoms with Crippen molar-refractivity contribution in [2.75, 3.05) is 12.4 Å². The lowest BCUT2D eigenvalue weighted by Gasteiger charge is -2.10. The van der Waals surface area contributed by atoms with Gasteiger partial charge in [0.15, 0.2) is 0 Å². The molecule has 0 aliphatic rings. The zero-order chi connectivity index (χ0) is 13.0. The van der Waals surface area contributed by atoms with Gasteiger partial charge >= 0.3 is 0 Å². The van der Waals surface area contributed by atoms with E-state index in [4.69, 9.17) is 4.74 Å². The van der Waals surface area contributed by atoms with Gasteiger partial charge in [-0.1, -0.05) is 18.2 Å². The lowest BCUT2D eigenvalue weighted by Crippen LogP contribution is -2.01. The molecule has 1 aromatic carbocycles. The Labute approximate surface area is 120 Å². The van der Waals surface area contributed by atoms with Crippen LogP contribution in [-0.2, 0) is 17.9 Å². The predicted molar refractivity (Wildman–Crippen MR) is 81.2 cm³/mol. The van der Waals surface area contributed by atoms with E-state index in [0.717, 1.165) is 12.2 Å². The molecule has 1 aromatic heterocycles. The fourth-order valence-electron chi connectivity index (χ4n) is 1.76. The van der Waals surface area contributed by atoms with Crippen molar-refractivity contribution in [3.05, 3.63) is 50.1 Å². The number of ether oxygens (including phenoxy) is 1. The SMILES string of the molecule is COCc1ccccc1NCc1cc(Br)c(C)s1. The van der Waals surface area contributed by atoms with E-state index < -0.39 is 0 Å². The van der Waals surface area contributed by atoms with Crippen molar-refractivity contribution < 1.29 is 4.74 Å². The minimum atomic E-state index is 0.635. The Balaban J connectivity index is 2.05. The van der Waals surface area contributed by atoms with Gasteiger partial charge in [-0.2, -0.15) is 0 Å². The van der Waals surface area contributed by atoms with Crippen LogP contribution >= 0.6 is 27.3 Å². The molecule has 0 radical (unpaired) electrons. The van der Waals surface area contributed by atoms with Crippen LogP contribution in [0.25, 0.3) is 0 Å². The number of anilines is 1. The highest BCUT2D eigenvalue weighted by Crippen LogP contribution is 2.27. The van der Waals surface area contributed by atoms with E-state index in [2.05, 4.69) is 46.4 Å².